The summed E-state index contributed by atoms with van der Waals surface area (Å²) in [4.78, 5) is 18.4. The maximum atomic E-state index is 14.0. The van der Waals surface area contributed by atoms with Crippen molar-refractivity contribution in [1.29, 1.82) is 0 Å². The number of hydrogen-bond donors (Lipinski definition) is 3. The van der Waals surface area contributed by atoms with Crippen molar-refractivity contribution in [3.05, 3.63) is 94.0 Å². The molecule has 0 aliphatic carbocycles. The zero-order valence-corrected chi connectivity index (χ0v) is 22.1. The predicted molar refractivity (Wildman–Crippen MR) is 143 cm³/mol. The van der Waals surface area contributed by atoms with Gasteiger partial charge in [0.25, 0.3) is 5.91 Å². The first-order valence-corrected chi connectivity index (χ1v) is 12.2. The Morgan fingerprint density at radius 2 is 1.64 bits per heavy atom. The Labute approximate surface area is 231 Å². The molecule has 6 nitrogen and oxygen atoms in total. The van der Waals surface area contributed by atoms with Crippen LogP contribution in [0.1, 0.15) is 17.3 Å². The van der Waals surface area contributed by atoms with E-state index in [2.05, 4.69) is 15.6 Å². The molecule has 0 spiro atoms. The van der Waals surface area contributed by atoms with Crippen molar-refractivity contribution in [2.24, 2.45) is 16.6 Å². The molecule has 0 radical (unpaired) electrons. The summed E-state index contributed by atoms with van der Waals surface area (Å²) in [5, 5.41) is 5.78. The van der Waals surface area contributed by atoms with Gasteiger partial charge in [-0.3, -0.25) is 4.79 Å². The molecule has 0 aliphatic heterocycles. The number of alkyl halides is 3. The zero-order chi connectivity index (χ0) is 28.9. The number of guanidine groups is 1. The fourth-order valence-electron chi connectivity index (χ4n) is 3.70. The average Bonchev–Trinajstić information content (AvgIpc) is 2.85. The third-order valence-corrected chi connectivity index (χ3v) is 6.24. The smallest absolute Gasteiger partial charge is 0.354 e. The number of carbonyl (C=O) groups excluding carboxylic acids is 1. The van der Waals surface area contributed by atoms with Crippen molar-refractivity contribution in [2.45, 2.75) is 25.3 Å². The summed E-state index contributed by atoms with van der Waals surface area (Å²) >= 11 is 11.9. The lowest BCUT2D eigenvalue weighted by Gasteiger charge is -2.38. The van der Waals surface area contributed by atoms with Crippen LogP contribution in [0.15, 0.2) is 71.7 Å². The van der Waals surface area contributed by atoms with E-state index in [1.807, 2.05) is 0 Å². The van der Waals surface area contributed by atoms with Crippen molar-refractivity contribution in [3.8, 4) is 0 Å². The van der Waals surface area contributed by atoms with Gasteiger partial charge in [0.15, 0.2) is 0 Å². The summed E-state index contributed by atoms with van der Waals surface area (Å²) < 4.78 is 68.4. The third-order valence-electron chi connectivity index (χ3n) is 5.79. The molecule has 39 heavy (non-hydrogen) atoms. The van der Waals surface area contributed by atoms with Crippen LogP contribution in [0.2, 0.25) is 10.0 Å². The molecule has 3 aromatic carbocycles. The topological polar surface area (TPSA) is 82.8 Å². The molecule has 0 saturated heterocycles. The van der Waals surface area contributed by atoms with Crippen LogP contribution >= 0.6 is 23.2 Å². The van der Waals surface area contributed by atoms with Crippen LogP contribution in [-0.2, 0) is 0 Å². The molecule has 0 fully saturated rings. The fourth-order valence-corrected chi connectivity index (χ4v) is 4.11. The summed E-state index contributed by atoms with van der Waals surface area (Å²) in [7, 11) is 1.46. The standard InChI is InChI=1S/C26H24Cl2F5N5O/c1-14(22(34)26(31,32)33)23(38(2)21-8-6-18(29)7-9-21)36-25(35-20-12-17(28)11-19(30)13-20)37-24(39)15-4-3-5-16(27)10-15/h3-14,22-23H,34H2,1-2H3,(H2,35,36,37,39). The summed E-state index contributed by atoms with van der Waals surface area (Å²) in [6.07, 6.45) is -6.02. The van der Waals surface area contributed by atoms with Crippen LogP contribution < -0.4 is 21.3 Å². The Bertz CT molecular complexity index is 1320. The van der Waals surface area contributed by atoms with E-state index in [-0.39, 0.29) is 27.3 Å². The van der Waals surface area contributed by atoms with E-state index in [9.17, 15) is 26.7 Å². The lowest BCUT2D eigenvalue weighted by atomic mass is 9.97. The normalized spacial score (nSPS) is 14.4. The van der Waals surface area contributed by atoms with Crippen LogP contribution in [0.25, 0.3) is 0 Å². The van der Waals surface area contributed by atoms with Crippen molar-refractivity contribution in [1.82, 2.24) is 5.32 Å². The highest BCUT2D eigenvalue weighted by molar-refractivity contribution is 6.31. The largest absolute Gasteiger partial charge is 0.404 e. The monoisotopic (exact) mass is 587 g/mol. The van der Waals surface area contributed by atoms with Crippen LogP contribution in [-0.4, -0.2) is 37.3 Å². The maximum Gasteiger partial charge on any atom is 0.404 e. The van der Waals surface area contributed by atoms with E-state index in [0.29, 0.717) is 5.69 Å². The molecule has 13 heteroatoms. The molecule has 208 valence electrons. The van der Waals surface area contributed by atoms with E-state index in [1.165, 1.54) is 55.3 Å². The van der Waals surface area contributed by atoms with E-state index >= 15 is 0 Å². The van der Waals surface area contributed by atoms with Crippen molar-refractivity contribution in [2.75, 3.05) is 17.3 Å². The summed E-state index contributed by atoms with van der Waals surface area (Å²) in [6.45, 7) is 1.26. The first-order valence-electron chi connectivity index (χ1n) is 11.4. The molecule has 0 aliphatic rings. The molecule has 3 atom stereocenters. The number of hydrogen-bond acceptors (Lipinski definition) is 3. The van der Waals surface area contributed by atoms with Gasteiger partial charge in [-0.25, -0.2) is 8.78 Å². The Morgan fingerprint density at radius 3 is 2.23 bits per heavy atom. The molecule has 4 N–H and O–H groups in total. The number of halogens is 7. The van der Waals surface area contributed by atoms with Crippen LogP contribution in [0.5, 0.6) is 0 Å². The van der Waals surface area contributed by atoms with Gasteiger partial charge >= 0.3 is 6.18 Å². The number of carbonyl (C=O) groups is 1. The highest BCUT2D eigenvalue weighted by Crippen LogP contribution is 2.29. The zero-order valence-electron chi connectivity index (χ0n) is 20.6. The third kappa shape index (κ3) is 8.29. The second-order valence-corrected chi connectivity index (χ2v) is 9.53. The highest BCUT2D eigenvalue weighted by atomic mass is 35.5. The number of aliphatic imine (C=N–C) groups is 1. The van der Waals surface area contributed by atoms with Crippen LogP contribution in [0.3, 0.4) is 0 Å². The van der Waals surface area contributed by atoms with Gasteiger partial charge in [-0.1, -0.05) is 36.2 Å². The summed E-state index contributed by atoms with van der Waals surface area (Å²) in [5.41, 5.74) is 6.03. The van der Waals surface area contributed by atoms with Gasteiger partial charge in [-0.05, 0) is 60.7 Å². The minimum absolute atomic E-state index is 0.0189. The molecule has 3 aromatic rings. The quantitative estimate of drug-likeness (QED) is 0.128. The molecule has 0 bridgehead atoms. The van der Waals surface area contributed by atoms with Gasteiger partial charge in [0.1, 0.15) is 23.8 Å². The Morgan fingerprint density at radius 1 is 0.974 bits per heavy atom. The van der Waals surface area contributed by atoms with Crippen molar-refractivity contribution < 1.29 is 26.7 Å². The first kappa shape index (κ1) is 30.1. The number of amides is 1. The highest BCUT2D eigenvalue weighted by Gasteiger charge is 2.44. The maximum absolute atomic E-state index is 14.0. The van der Waals surface area contributed by atoms with E-state index < -0.39 is 41.8 Å². The van der Waals surface area contributed by atoms with E-state index in [1.54, 1.807) is 6.07 Å². The molecule has 0 aromatic heterocycles. The SMILES string of the molecule is CC(C(N/C(=N\C(=O)c1cccc(Cl)c1)Nc1cc(F)cc(Cl)c1)N(C)c1ccc(F)cc1)C(N)C(F)(F)F. The predicted octanol–water partition coefficient (Wildman–Crippen LogP) is 6.46. The van der Waals surface area contributed by atoms with Gasteiger partial charge in [0.2, 0.25) is 5.96 Å². The number of nitrogens with one attached hydrogen (secondary N) is 2. The van der Waals surface area contributed by atoms with Gasteiger partial charge < -0.3 is 21.3 Å². The first-order chi connectivity index (χ1) is 18.2. The molecule has 1 amide bonds. The Kier molecular flexibility index (Phi) is 9.76. The Hall–Kier alpha value is -3.41. The Balaban J connectivity index is 2.07. The van der Waals surface area contributed by atoms with Gasteiger partial charge in [0.05, 0.1) is 0 Å². The number of rotatable bonds is 7. The van der Waals surface area contributed by atoms with Crippen molar-refractivity contribution >= 4 is 46.4 Å². The molecule has 0 saturated carbocycles. The van der Waals surface area contributed by atoms with E-state index in [0.717, 1.165) is 24.3 Å². The van der Waals surface area contributed by atoms with Gasteiger partial charge in [-0.15, -0.1) is 0 Å². The molecular weight excluding hydrogens is 564 g/mol. The molecule has 0 heterocycles. The molecule has 3 unspecified atom stereocenters. The second-order valence-electron chi connectivity index (χ2n) is 8.66. The number of anilines is 2. The average molecular weight is 588 g/mol. The number of nitrogens with zero attached hydrogens (tertiary/aromatic N) is 2. The minimum atomic E-state index is -4.76. The fraction of sp³-hybridized carbons (Fsp3) is 0.231. The van der Waals surface area contributed by atoms with Crippen LogP contribution in [0, 0.1) is 17.6 Å². The van der Waals surface area contributed by atoms with E-state index in [4.69, 9.17) is 28.9 Å². The van der Waals surface area contributed by atoms with Crippen molar-refractivity contribution in [3.63, 3.8) is 0 Å². The minimum Gasteiger partial charge on any atom is -0.354 e. The lowest BCUT2D eigenvalue weighted by molar-refractivity contribution is -0.159. The number of benzene rings is 3. The summed E-state index contributed by atoms with van der Waals surface area (Å²) in [5.74, 6) is -3.73. The van der Waals surface area contributed by atoms with Gasteiger partial charge in [0, 0.05) is 39.9 Å². The summed E-state index contributed by atoms with van der Waals surface area (Å²) in [6, 6.07) is 12.0. The molecule has 3 rings (SSSR count). The second kappa shape index (κ2) is 12.6. The van der Waals surface area contributed by atoms with Crippen LogP contribution in [0.4, 0.5) is 33.3 Å². The molecular formula is C26H24Cl2F5N5O. The lowest BCUT2D eigenvalue weighted by Crippen LogP contribution is -2.59. The van der Waals surface area contributed by atoms with Gasteiger partial charge in [-0.2, -0.15) is 18.2 Å². The number of nitrogens with two attached hydrogens (primary N) is 1.